The molecule has 0 unspecified atom stereocenters. The van der Waals surface area contributed by atoms with Crippen LogP contribution in [0.2, 0.25) is 5.15 Å². The Kier molecular flexibility index (Phi) is 6.70. The zero-order valence-corrected chi connectivity index (χ0v) is 19.9. The number of imidazole rings is 1. The van der Waals surface area contributed by atoms with E-state index in [1.54, 1.807) is 7.05 Å². The zero-order chi connectivity index (χ0) is 22.7. The number of aryl methyl sites for hydroxylation is 3. The molecule has 4 aromatic rings. The molecule has 0 radical (unpaired) electrons. The predicted octanol–water partition coefficient (Wildman–Crippen LogP) is 5.66. The molecule has 4 rings (SSSR count). The van der Waals surface area contributed by atoms with Crippen LogP contribution < -0.4 is 0 Å². The number of hydrogen-bond donors (Lipinski definition) is 0. The second-order valence-corrected chi connectivity index (χ2v) is 8.46. The maximum absolute atomic E-state index is 6.46. The van der Waals surface area contributed by atoms with E-state index in [0.29, 0.717) is 11.0 Å². The van der Waals surface area contributed by atoms with Gasteiger partial charge in [-0.15, -0.1) is 10.2 Å². The number of benzene rings is 2. The summed E-state index contributed by atoms with van der Waals surface area (Å²) < 4.78 is 2.30. The van der Waals surface area contributed by atoms with Crippen LogP contribution in [0, 0.1) is 6.92 Å². The van der Waals surface area contributed by atoms with E-state index in [2.05, 4.69) is 70.0 Å². The Balaban J connectivity index is 1.68. The maximum Gasteiger partial charge on any atom is 0.205 e. The van der Waals surface area contributed by atoms with Crippen LogP contribution in [0.5, 0.6) is 0 Å². The molecule has 2 aromatic carbocycles. The quantitative estimate of drug-likeness (QED) is 0.349. The second-order valence-electron chi connectivity index (χ2n) is 8.11. The zero-order valence-electron chi connectivity index (χ0n) is 19.1. The molecule has 0 saturated carbocycles. The van der Waals surface area contributed by atoms with Crippen molar-refractivity contribution in [1.29, 1.82) is 0 Å². The standard InChI is InChI=1S/C25H29ClN6/c1-5-7-12-23-27-24(26)22(6-2)32(23)16-18-13-14-19(17(3)15-18)20-10-8-9-11-21(20)25-28-30-31(4)29-25/h8-11,13-15H,5-7,12,16H2,1-4H3. The van der Waals surface area contributed by atoms with Gasteiger partial charge in [0.15, 0.2) is 5.15 Å². The van der Waals surface area contributed by atoms with Gasteiger partial charge in [-0.25, -0.2) is 4.98 Å². The Morgan fingerprint density at radius 1 is 1.00 bits per heavy atom. The summed E-state index contributed by atoms with van der Waals surface area (Å²) in [6, 6.07) is 14.8. The van der Waals surface area contributed by atoms with Crippen molar-refractivity contribution in [2.45, 2.75) is 53.0 Å². The first-order valence-electron chi connectivity index (χ1n) is 11.2. The minimum absolute atomic E-state index is 0.632. The third-order valence-electron chi connectivity index (χ3n) is 5.79. The van der Waals surface area contributed by atoms with Crippen LogP contribution in [0.15, 0.2) is 42.5 Å². The number of tetrazole rings is 1. The number of aromatic nitrogens is 6. The van der Waals surface area contributed by atoms with E-state index < -0.39 is 0 Å². The van der Waals surface area contributed by atoms with E-state index >= 15 is 0 Å². The lowest BCUT2D eigenvalue weighted by molar-refractivity contribution is 0.630. The average molecular weight is 449 g/mol. The summed E-state index contributed by atoms with van der Waals surface area (Å²) in [5.74, 6) is 1.71. The van der Waals surface area contributed by atoms with Gasteiger partial charge in [-0.3, -0.25) is 0 Å². The summed E-state index contributed by atoms with van der Waals surface area (Å²) in [6.45, 7) is 7.26. The molecule has 2 aromatic heterocycles. The van der Waals surface area contributed by atoms with Crippen LogP contribution in [0.3, 0.4) is 0 Å². The highest BCUT2D eigenvalue weighted by Gasteiger charge is 2.16. The van der Waals surface area contributed by atoms with Gasteiger partial charge in [0.1, 0.15) is 5.82 Å². The summed E-state index contributed by atoms with van der Waals surface area (Å²) in [5, 5.41) is 13.2. The molecule has 0 atom stereocenters. The topological polar surface area (TPSA) is 61.4 Å². The third kappa shape index (κ3) is 4.46. The average Bonchev–Trinajstić information content (AvgIpc) is 3.35. The third-order valence-corrected chi connectivity index (χ3v) is 6.09. The summed E-state index contributed by atoms with van der Waals surface area (Å²) in [6.07, 6.45) is 4.07. The van der Waals surface area contributed by atoms with Crippen molar-refractivity contribution in [3.63, 3.8) is 0 Å². The molecule has 166 valence electrons. The molecule has 32 heavy (non-hydrogen) atoms. The minimum Gasteiger partial charge on any atom is -0.326 e. The van der Waals surface area contributed by atoms with E-state index in [4.69, 9.17) is 11.6 Å². The minimum atomic E-state index is 0.632. The Morgan fingerprint density at radius 3 is 2.44 bits per heavy atom. The van der Waals surface area contributed by atoms with E-state index in [0.717, 1.165) is 54.9 Å². The first-order chi connectivity index (χ1) is 15.5. The van der Waals surface area contributed by atoms with Gasteiger partial charge in [-0.2, -0.15) is 4.80 Å². The fourth-order valence-electron chi connectivity index (χ4n) is 4.17. The van der Waals surface area contributed by atoms with Crippen molar-refractivity contribution >= 4 is 11.6 Å². The number of nitrogens with zero attached hydrogens (tertiary/aromatic N) is 6. The molecule has 0 spiro atoms. The van der Waals surface area contributed by atoms with Crippen LogP contribution in [0.4, 0.5) is 0 Å². The van der Waals surface area contributed by atoms with Gasteiger partial charge in [0, 0.05) is 18.5 Å². The molecule has 0 fully saturated rings. The Bertz CT molecular complexity index is 1220. The summed E-state index contributed by atoms with van der Waals surface area (Å²) in [7, 11) is 1.78. The summed E-state index contributed by atoms with van der Waals surface area (Å²) >= 11 is 6.46. The van der Waals surface area contributed by atoms with E-state index in [-0.39, 0.29) is 0 Å². The molecule has 6 nitrogen and oxygen atoms in total. The second kappa shape index (κ2) is 9.65. The summed E-state index contributed by atoms with van der Waals surface area (Å²) in [4.78, 5) is 6.14. The van der Waals surface area contributed by atoms with Gasteiger partial charge in [0.25, 0.3) is 0 Å². The van der Waals surface area contributed by atoms with Crippen molar-refractivity contribution in [2.75, 3.05) is 0 Å². The lowest BCUT2D eigenvalue weighted by Gasteiger charge is -2.15. The van der Waals surface area contributed by atoms with Gasteiger partial charge < -0.3 is 4.57 Å². The van der Waals surface area contributed by atoms with Crippen LogP contribution >= 0.6 is 11.6 Å². The number of rotatable bonds is 8. The number of unbranched alkanes of at least 4 members (excludes halogenated alkanes) is 1. The SMILES string of the molecule is CCCCc1nc(Cl)c(CC)n1Cc1ccc(-c2ccccc2-c2nnn(C)n2)c(C)c1. The molecule has 0 bridgehead atoms. The molecule has 0 aliphatic heterocycles. The molecule has 7 heteroatoms. The molecule has 0 amide bonds. The van der Waals surface area contributed by atoms with Gasteiger partial charge in [0.2, 0.25) is 5.82 Å². The molecule has 2 heterocycles. The lowest BCUT2D eigenvalue weighted by Crippen LogP contribution is -2.09. The highest BCUT2D eigenvalue weighted by molar-refractivity contribution is 6.30. The van der Waals surface area contributed by atoms with Gasteiger partial charge in [0.05, 0.1) is 12.7 Å². The van der Waals surface area contributed by atoms with Crippen molar-refractivity contribution in [1.82, 2.24) is 29.8 Å². The number of hydrogen-bond acceptors (Lipinski definition) is 4. The highest BCUT2D eigenvalue weighted by atomic mass is 35.5. The largest absolute Gasteiger partial charge is 0.326 e. The smallest absolute Gasteiger partial charge is 0.205 e. The Labute approximate surface area is 194 Å². The van der Waals surface area contributed by atoms with Crippen molar-refractivity contribution < 1.29 is 0 Å². The van der Waals surface area contributed by atoms with Crippen LogP contribution in [-0.2, 0) is 26.4 Å². The Hall–Kier alpha value is -2.99. The molecular formula is C25H29ClN6. The fourth-order valence-corrected chi connectivity index (χ4v) is 4.50. The first kappa shape index (κ1) is 22.2. The Morgan fingerprint density at radius 2 is 1.78 bits per heavy atom. The van der Waals surface area contributed by atoms with Crippen molar-refractivity contribution in [3.8, 4) is 22.5 Å². The monoisotopic (exact) mass is 448 g/mol. The number of halogens is 1. The molecule has 0 aliphatic rings. The van der Waals surface area contributed by atoms with E-state index in [1.807, 2.05) is 18.2 Å². The van der Waals surface area contributed by atoms with Crippen molar-refractivity contribution in [2.24, 2.45) is 7.05 Å². The van der Waals surface area contributed by atoms with Gasteiger partial charge in [-0.1, -0.05) is 74.3 Å². The fraction of sp³-hybridized carbons (Fsp3) is 0.360. The van der Waals surface area contributed by atoms with Gasteiger partial charge >= 0.3 is 0 Å². The molecular weight excluding hydrogens is 420 g/mol. The van der Waals surface area contributed by atoms with Crippen LogP contribution in [0.25, 0.3) is 22.5 Å². The normalized spacial score (nSPS) is 11.3. The molecule has 0 saturated heterocycles. The first-order valence-corrected chi connectivity index (χ1v) is 11.6. The summed E-state index contributed by atoms with van der Waals surface area (Å²) in [5.41, 5.74) is 6.81. The maximum atomic E-state index is 6.46. The van der Waals surface area contributed by atoms with Crippen LogP contribution in [-0.4, -0.2) is 29.8 Å². The van der Waals surface area contributed by atoms with E-state index in [9.17, 15) is 0 Å². The van der Waals surface area contributed by atoms with Crippen molar-refractivity contribution in [3.05, 3.63) is 70.3 Å². The molecule has 0 N–H and O–H groups in total. The predicted molar refractivity (Wildman–Crippen MR) is 129 cm³/mol. The lowest BCUT2D eigenvalue weighted by atomic mass is 9.94. The van der Waals surface area contributed by atoms with Gasteiger partial charge in [-0.05, 0) is 47.2 Å². The van der Waals surface area contributed by atoms with E-state index in [1.165, 1.54) is 21.5 Å². The molecule has 0 aliphatic carbocycles. The van der Waals surface area contributed by atoms with Crippen LogP contribution in [0.1, 0.15) is 49.3 Å². The highest BCUT2D eigenvalue weighted by Crippen LogP contribution is 2.32.